The fourth-order valence-corrected chi connectivity index (χ4v) is 3.12. The molecule has 31 heavy (non-hydrogen) atoms. The van der Waals surface area contributed by atoms with Crippen molar-refractivity contribution in [2.45, 2.75) is 72.2 Å². The summed E-state index contributed by atoms with van der Waals surface area (Å²) in [5, 5.41) is 7.50. The Balaban J connectivity index is 3.00. The summed E-state index contributed by atoms with van der Waals surface area (Å²) in [4.78, 5) is 45.3. The Kier molecular flexibility index (Phi) is 8.76. The average molecular weight is 474 g/mol. The van der Waals surface area contributed by atoms with Crippen molar-refractivity contribution in [3.63, 3.8) is 0 Å². The third kappa shape index (κ3) is 8.65. The Labute approximate surface area is 187 Å². The van der Waals surface area contributed by atoms with E-state index in [9.17, 15) is 14.4 Å². The second kappa shape index (κ2) is 10.2. The fraction of sp³-hybridized carbons (Fsp3) is 0.632. The minimum absolute atomic E-state index is 0.0645. The molecule has 0 atom stereocenters. The van der Waals surface area contributed by atoms with Crippen LogP contribution in [0, 0.1) is 0 Å². The standard InChI is InChI=1S/C19H31N3O7SSi/c1-10-26-14(23)13(22-28-17(25)29-31(8,9)19(5,6)7)12-11-30-15(20-12)21-16(24)27-18(2,3)4/h11H,10H2,1-9H3,(H,20,21,24). The predicted molar refractivity (Wildman–Crippen MR) is 120 cm³/mol. The van der Waals surface area contributed by atoms with Gasteiger partial charge in [-0.2, -0.15) is 0 Å². The van der Waals surface area contributed by atoms with Crippen LogP contribution < -0.4 is 5.32 Å². The van der Waals surface area contributed by atoms with E-state index in [4.69, 9.17) is 18.7 Å². The van der Waals surface area contributed by atoms with Crippen molar-refractivity contribution in [3.05, 3.63) is 11.1 Å². The number of aromatic nitrogens is 1. The third-order valence-corrected chi connectivity index (χ3v) is 9.23. The van der Waals surface area contributed by atoms with Gasteiger partial charge in [-0.25, -0.2) is 19.4 Å². The molecule has 1 N–H and O–H groups in total. The van der Waals surface area contributed by atoms with E-state index in [0.717, 1.165) is 11.3 Å². The molecule has 0 saturated carbocycles. The highest BCUT2D eigenvalue weighted by molar-refractivity contribution is 7.14. The summed E-state index contributed by atoms with van der Waals surface area (Å²) in [6.07, 6.45) is -1.71. The van der Waals surface area contributed by atoms with E-state index in [0.29, 0.717) is 0 Å². The van der Waals surface area contributed by atoms with Gasteiger partial charge in [0.15, 0.2) is 5.13 Å². The summed E-state index contributed by atoms with van der Waals surface area (Å²) in [7, 11) is -2.43. The number of ether oxygens (including phenoxy) is 2. The molecule has 1 heterocycles. The molecule has 1 aromatic heterocycles. The lowest BCUT2D eigenvalue weighted by Gasteiger charge is -2.34. The van der Waals surface area contributed by atoms with Gasteiger partial charge in [0.05, 0.1) is 6.61 Å². The number of hydrogen-bond donors (Lipinski definition) is 1. The van der Waals surface area contributed by atoms with E-state index in [1.807, 2.05) is 33.9 Å². The molecule has 1 rings (SSSR count). The number of hydrogen-bond acceptors (Lipinski definition) is 10. The molecule has 12 heteroatoms. The summed E-state index contributed by atoms with van der Waals surface area (Å²) >= 11 is 1.04. The van der Waals surface area contributed by atoms with Crippen molar-refractivity contribution < 1.29 is 33.1 Å². The maximum atomic E-state index is 12.3. The first-order valence-electron chi connectivity index (χ1n) is 9.66. The highest BCUT2D eigenvalue weighted by Crippen LogP contribution is 2.36. The number of carbonyl (C=O) groups is 3. The fourth-order valence-electron chi connectivity index (χ4n) is 1.68. The van der Waals surface area contributed by atoms with Gasteiger partial charge in [0.25, 0.3) is 8.32 Å². The molecule has 0 spiro atoms. The summed E-state index contributed by atoms with van der Waals surface area (Å²) in [5.41, 5.74) is -0.947. The second-order valence-corrected chi connectivity index (χ2v) is 14.6. The molecule has 0 unspecified atom stereocenters. The van der Waals surface area contributed by atoms with Crippen molar-refractivity contribution in [2.75, 3.05) is 11.9 Å². The predicted octanol–water partition coefficient (Wildman–Crippen LogP) is 4.92. The van der Waals surface area contributed by atoms with Crippen LogP contribution in [0.1, 0.15) is 54.2 Å². The number of nitrogens with zero attached hydrogens (tertiary/aromatic N) is 2. The minimum Gasteiger partial charge on any atom is -0.487 e. The Hall–Kier alpha value is -2.47. The zero-order chi connectivity index (χ0) is 24.0. The Morgan fingerprint density at radius 2 is 1.77 bits per heavy atom. The van der Waals surface area contributed by atoms with Crippen molar-refractivity contribution in [2.24, 2.45) is 5.16 Å². The summed E-state index contributed by atoms with van der Waals surface area (Å²) in [6, 6.07) is 0. The van der Waals surface area contributed by atoms with Crippen LogP contribution in [0.5, 0.6) is 0 Å². The Morgan fingerprint density at radius 1 is 1.16 bits per heavy atom. The van der Waals surface area contributed by atoms with Crippen LogP contribution in [0.4, 0.5) is 14.7 Å². The molecule has 0 radical (unpaired) electrons. The van der Waals surface area contributed by atoms with Gasteiger partial charge < -0.3 is 13.9 Å². The van der Waals surface area contributed by atoms with E-state index >= 15 is 0 Å². The van der Waals surface area contributed by atoms with Crippen LogP contribution in [0.25, 0.3) is 0 Å². The molecule has 0 aliphatic heterocycles. The lowest BCUT2D eigenvalue weighted by Crippen LogP contribution is -2.42. The molecular formula is C19H31N3O7SSi. The normalized spacial score (nSPS) is 12.7. The van der Waals surface area contributed by atoms with E-state index in [2.05, 4.69) is 15.5 Å². The van der Waals surface area contributed by atoms with Gasteiger partial charge in [0, 0.05) is 5.38 Å². The van der Waals surface area contributed by atoms with Crippen LogP contribution in [-0.2, 0) is 23.5 Å². The van der Waals surface area contributed by atoms with Crippen molar-refractivity contribution in [1.82, 2.24) is 4.98 Å². The second-order valence-electron chi connectivity index (χ2n) is 9.03. The quantitative estimate of drug-likeness (QED) is 0.203. The molecule has 0 aliphatic carbocycles. The van der Waals surface area contributed by atoms with Crippen molar-refractivity contribution in [3.8, 4) is 0 Å². The van der Waals surface area contributed by atoms with Gasteiger partial charge in [-0.1, -0.05) is 25.9 Å². The topological polar surface area (TPSA) is 125 Å². The monoisotopic (exact) mass is 473 g/mol. The first-order valence-corrected chi connectivity index (χ1v) is 13.5. The Bertz CT molecular complexity index is 838. The molecule has 1 amide bonds. The summed E-state index contributed by atoms with van der Waals surface area (Å²) in [6.45, 7) is 16.5. The average Bonchev–Trinajstić information content (AvgIpc) is 2.99. The first-order chi connectivity index (χ1) is 14.1. The number of amides is 1. The first kappa shape index (κ1) is 26.6. The number of oxime groups is 1. The molecular weight excluding hydrogens is 442 g/mol. The number of rotatable bonds is 6. The lowest BCUT2D eigenvalue weighted by molar-refractivity contribution is -0.135. The van der Waals surface area contributed by atoms with Gasteiger partial charge >= 0.3 is 18.2 Å². The molecule has 0 aliphatic rings. The third-order valence-electron chi connectivity index (χ3n) is 4.18. The molecule has 1 aromatic rings. The molecule has 0 aromatic carbocycles. The van der Waals surface area contributed by atoms with E-state index in [1.165, 1.54) is 5.38 Å². The number of esters is 1. The van der Waals surface area contributed by atoms with Gasteiger partial charge in [0.2, 0.25) is 5.71 Å². The SMILES string of the molecule is CCOC(=O)C(=NOC(=O)O[Si](C)(C)C(C)(C)C)c1csc(NC(=O)OC(C)(C)C)n1. The number of anilines is 1. The maximum absolute atomic E-state index is 12.3. The molecule has 0 saturated heterocycles. The molecule has 0 bridgehead atoms. The van der Waals surface area contributed by atoms with Crippen LogP contribution in [0.3, 0.4) is 0 Å². The van der Waals surface area contributed by atoms with Gasteiger partial charge in [0.1, 0.15) is 11.3 Å². The smallest absolute Gasteiger partial charge is 0.487 e. The van der Waals surface area contributed by atoms with Crippen LogP contribution in [-0.4, -0.2) is 49.4 Å². The molecule has 174 valence electrons. The molecule has 0 fully saturated rings. The van der Waals surface area contributed by atoms with Crippen LogP contribution in [0.15, 0.2) is 10.5 Å². The van der Waals surface area contributed by atoms with E-state index in [1.54, 1.807) is 27.7 Å². The number of nitrogens with one attached hydrogen (secondary N) is 1. The highest BCUT2D eigenvalue weighted by Gasteiger charge is 2.41. The zero-order valence-corrected chi connectivity index (χ0v) is 21.3. The minimum atomic E-state index is -2.43. The summed E-state index contributed by atoms with van der Waals surface area (Å²) in [5.74, 6) is -0.836. The number of carbonyl (C=O) groups excluding carboxylic acids is 3. The number of thiazole rings is 1. The largest absolute Gasteiger partial charge is 0.521 e. The Morgan fingerprint density at radius 3 is 2.29 bits per heavy atom. The zero-order valence-electron chi connectivity index (χ0n) is 19.4. The van der Waals surface area contributed by atoms with Crippen molar-refractivity contribution in [1.29, 1.82) is 0 Å². The van der Waals surface area contributed by atoms with Crippen LogP contribution in [0.2, 0.25) is 18.1 Å². The van der Waals surface area contributed by atoms with Crippen LogP contribution >= 0.6 is 11.3 Å². The van der Waals surface area contributed by atoms with Gasteiger partial charge in [-0.3, -0.25) is 10.2 Å². The van der Waals surface area contributed by atoms with E-state index < -0.39 is 32.1 Å². The molecule has 10 nitrogen and oxygen atoms in total. The maximum Gasteiger partial charge on any atom is 0.521 e. The lowest BCUT2D eigenvalue weighted by atomic mass is 10.2. The van der Waals surface area contributed by atoms with E-state index in [-0.39, 0.29) is 28.2 Å². The summed E-state index contributed by atoms with van der Waals surface area (Å²) < 4.78 is 15.6. The van der Waals surface area contributed by atoms with Gasteiger partial charge in [-0.15, -0.1) is 11.3 Å². The van der Waals surface area contributed by atoms with Crippen molar-refractivity contribution >= 4 is 48.7 Å². The van der Waals surface area contributed by atoms with Gasteiger partial charge in [-0.05, 0) is 45.8 Å². The highest BCUT2D eigenvalue weighted by atomic mass is 32.1.